The number of nitrogens with zero attached hydrogens (tertiary/aromatic N) is 4. The third-order valence-corrected chi connectivity index (χ3v) is 3.51. The van der Waals surface area contributed by atoms with Crippen molar-refractivity contribution in [3.05, 3.63) is 53.1 Å². The molecule has 6 nitrogen and oxygen atoms in total. The van der Waals surface area contributed by atoms with Crippen LogP contribution in [0.4, 0.5) is 5.69 Å². The lowest BCUT2D eigenvalue weighted by molar-refractivity contribution is 0.570. The van der Waals surface area contributed by atoms with E-state index in [1.54, 1.807) is 28.6 Å². The van der Waals surface area contributed by atoms with E-state index in [9.17, 15) is 4.79 Å². The third kappa shape index (κ3) is 2.79. The lowest BCUT2D eigenvalue weighted by Crippen LogP contribution is -2.18. The molecule has 3 aromatic rings. The molecule has 0 amide bonds. The second-order valence-corrected chi connectivity index (χ2v) is 4.92. The highest BCUT2D eigenvalue weighted by Crippen LogP contribution is 2.20. The smallest absolute Gasteiger partial charge is 0.252 e. The van der Waals surface area contributed by atoms with Crippen LogP contribution in [-0.4, -0.2) is 26.1 Å². The van der Waals surface area contributed by atoms with Crippen molar-refractivity contribution in [3.63, 3.8) is 0 Å². The summed E-state index contributed by atoms with van der Waals surface area (Å²) in [6, 6.07) is 9.55. The SMILES string of the molecule is Cn1c(=O)cc(NCCCn2ccnn2)c2ccccc21. The minimum Gasteiger partial charge on any atom is -0.384 e. The van der Waals surface area contributed by atoms with Crippen molar-refractivity contribution in [2.45, 2.75) is 13.0 Å². The Bertz CT molecular complexity index is 791. The van der Waals surface area contributed by atoms with Gasteiger partial charge in [0.2, 0.25) is 0 Å². The highest BCUT2D eigenvalue weighted by molar-refractivity contribution is 5.91. The van der Waals surface area contributed by atoms with E-state index in [1.165, 1.54) is 0 Å². The second-order valence-electron chi connectivity index (χ2n) is 4.92. The van der Waals surface area contributed by atoms with Crippen LogP contribution in [0.15, 0.2) is 47.5 Å². The third-order valence-electron chi connectivity index (χ3n) is 3.51. The molecule has 108 valence electrons. The molecule has 0 radical (unpaired) electrons. The molecular weight excluding hydrogens is 266 g/mol. The van der Waals surface area contributed by atoms with Gasteiger partial charge >= 0.3 is 0 Å². The molecule has 6 heteroatoms. The Morgan fingerprint density at radius 1 is 1.29 bits per heavy atom. The first kappa shape index (κ1) is 13.4. The van der Waals surface area contributed by atoms with Gasteiger partial charge in [0.25, 0.3) is 5.56 Å². The summed E-state index contributed by atoms with van der Waals surface area (Å²) in [5.74, 6) is 0. The van der Waals surface area contributed by atoms with Gasteiger partial charge in [-0.2, -0.15) is 0 Å². The van der Waals surface area contributed by atoms with Crippen LogP contribution in [-0.2, 0) is 13.6 Å². The first-order valence-electron chi connectivity index (χ1n) is 6.92. The number of aromatic nitrogens is 4. The molecular formula is C15H17N5O. The van der Waals surface area contributed by atoms with Gasteiger partial charge < -0.3 is 9.88 Å². The van der Waals surface area contributed by atoms with E-state index in [1.807, 2.05) is 30.5 Å². The number of para-hydroxylation sites is 1. The van der Waals surface area contributed by atoms with Crippen molar-refractivity contribution in [1.29, 1.82) is 0 Å². The lowest BCUT2D eigenvalue weighted by Gasteiger charge is -2.12. The minimum absolute atomic E-state index is 0.00697. The lowest BCUT2D eigenvalue weighted by atomic mass is 10.2. The fourth-order valence-electron chi connectivity index (χ4n) is 2.37. The molecule has 0 atom stereocenters. The summed E-state index contributed by atoms with van der Waals surface area (Å²) >= 11 is 0. The molecule has 2 aromatic heterocycles. The molecule has 0 unspecified atom stereocenters. The van der Waals surface area contributed by atoms with E-state index in [-0.39, 0.29) is 5.56 Å². The molecule has 0 spiro atoms. The molecule has 0 bridgehead atoms. The first-order chi connectivity index (χ1) is 10.3. The molecule has 0 aliphatic rings. The van der Waals surface area contributed by atoms with Crippen molar-refractivity contribution in [1.82, 2.24) is 19.6 Å². The topological polar surface area (TPSA) is 64.7 Å². The Kier molecular flexibility index (Phi) is 3.68. The maximum absolute atomic E-state index is 12.0. The van der Waals surface area contributed by atoms with Gasteiger partial charge in [-0.25, -0.2) is 0 Å². The van der Waals surface area contributed by atoms with E-state index in [2.05, 4.69) is 15.6 Å². The molecule has 0 fully saturated rings. The maximum atomic E-state index is 12.0. The van der Waals surface area contributed by atoms with Crippen molar-refractivity contribution >= 4 is 16.6 Å². The molecule has 1 N–H and O–H groups in total. The number of fused-ring (bicyclic) bond motifs is 1. The quantitative estimate of drug-likeness (QED) is 0.723. The van der Waals surface area contributed by atoms with Crippen LogP contribution >= 0.6 is 0 Å². The number of pyridine rings is 1. The van der Waals surface area contributed by atoms with Crippen molar-refractivity contribution in [3.8, 4) is 0 Å². The van der Waals surface area contributed by atoms with Gasteiger partial charge in [-0.15, -0.1) is 5.10 Å². The predicted octanol–water partition coefficient (Wildman–Crippen LogP) is 1.63. The van der Waals surface area contributed by atoms with E-state index < -0.39 is 0 Å². The number of aryl methyl sites for hydroxylation is 2. The first-order valence-corrected chi connectivity index (χ1v) is 6.92. The van der Waals surface area contributed by atoms with Gasteiger partial charge in [-0.05, 0) is 12.5 Å². The average molecular weight is 283 g/mol. The van der Waals surface area contributed by atoms with Gasteiger partial charge in [-0.3, -0.25) is 9.48 Å². The highest BCUT2D eigenvalue weighted by Gasteiger charge is 2.05. The molecule has 0 saturated heterocycles. The Morgan fingerprint density at radius 2 is 2.14 bits per heavy atom. The zero-order chi connectivity index (χ0) is 14.7. The number of hydrogen-bond acceptors (Lipinski definition) is 4. The van der Waals surface area contributed by atoms with Crippen LogP contribution in [0.2, 0.25) is 0 Å². The zero-order valence-electron chi connectivity index (χ0n) is 11.9. The Balaban J connectivity index is 1.75. The van der Waals surface area contributed by atoms with Crippen LogP contribution < -0.4 is 10.9 Å². The van der Waals surface area contributed by atoms with E-state index in [0.29, 0.717) is 0 Å². The van der Waals surface area contributed by atoms with Gasteiger partial charge in [0.05, 0.1) is 11.7 Å². The van der Waals surface area contributed by atoms with E-state index >= 15 is 0 Å². The number of benzene rings is 1. The Morgan fingerprint density at radius 3 is 2.95 bits per heavy atom. The zero-order valence-corrected chi connectivity index (χ0v) is 11.9. The highest BCUT2D eigenvalue weighted by atomic mass is 16.1. The number of nitrogens with one attached hydrogen (secondary N) is 1. The number of rotatable bonds is 5. The Hall–Kier alpha value is -2.63. The van der Waals surface area contributed by atoms with Crippen LogP contribution in [0.5, 0.6) is 0 Å². The van der Waals surface area contributed by atoms with Crippen LogP contribution in [0, 0.1) is 0 Å². The average Bonchev–Trinajstić information content (AvgIpc) is 3.02. The van der Waals surface area contributed by atoms with Crippen molar-refractivity contribution < 1.29 is 0 Å². The van der Waals surface area contributed by atoms with Crippen LogP contribution in [0.1, 0.15) is 6.42 Å². The second kappa shape index (κ2) is 5.78. The summed E-state index contributed by atoms with van der Waals surface area (Å²) in [7, 11) is 1.79. The summed E-state index contributed by atoms with van der Waals surface area (Å²) in [6.07, 6.45) is 4.42. The minimum atomic E-state index is -0.00697. The van der Waals surface area contributed by atoms with E-state index in [4.69, 9.17) is 0 Å². The van der Waals surface area contributed by atoms with Crippen molar-refractivity contribution in [2.75, 3.05) is 11.9 Å². The van der Waals surface area contributed by atoms with Gasteiger partial charge in [0.1, 0.15) is 0 Å². The summed E-state index contributed by atoms with van der Waals surface area (Å²) in [6.45, 7) is 1.58. The standard InChI is InChI=1S/C15H17N5O/c1-19-14-6-3-2-5-12(14)13(11-15(19)21)16-7-4-9-20-10-8-17-18-20/h2-3,5-6,8,10-11,16H,4,7,9H2,1H3. The van der Waals surface area contributed by atoms with Gasteiger partial charge in [-0.1, -0.05) is 23.4 Å². The molecule has 3 rings (SSSR count). The summed E-state index contributed by atoms with van der Waals surface area (Å²) in [5.41, 5.74) is 1.81. The molecule has 21 heavy (non-hydrogen) atoms. The predicted molar refractivity (Wildman–Crippen MR) is 82.3 cm³/mol. The fourth-order valence-corrected chi connectivity index (χ4v) is 2.37. The summed E-state index contributed by atoms with van der Waals surface area (Å²) < 4.78 is 3.46. The molecule has 0 saturated carbocycles. The van der Waals surface area contributed by atoms with Gasteiger partial charge in [0.15, 0.2) is 0 Å². The normalized spacial score (nSPS) is 10.9. The Labute approximate surface area is 122 Å². The number of anilines is 1. The van der Waals surface area contributed by atoms with Crippen molar-refractivity contribution in [2.24, 2.45) is 7.05 Å². The monoisotopic (exact) mass is 283 g/mol. The van der Waals surface area contributed by atoms with Crippen LogP contribution in [0.3, 0.4) is 0 Å². The summed E-state index contributed by atoms with van der Waals surface area (Å²) in [5, 5.41) is 12.1. The largest absolute Gasteiger partial charge is 0.384 e. The molecule has 2 heterocycles. The number of hydrogen-bond donors (Lipinski definition) is 1. The maximum Gasteiger partial charge on any atom is 0.252 e. The van der Waals surface area contributed by atoms with Gasteiger partial charge in [0, 0.05) is 43.5 Å². The van der Waals surface area contributed by atoms with Crippen LogP contribution in [0.25, 0.3) is 10.9 Å². The molecule has 0 aliphatic heterocycles. The fraction of sp³-hybridized carbons (Fsp3) is 0.267. The summed E-state index contributed by atoms with van der Waals surface area (Å²) in [4.78, 5) is 12.0. The molecule has 0 aliphatic carbocycles. The van der Waals surface area contributed by atoms with E-state index in [0.717, 1.165) is 36.1 Å². The molecule has 1 aromatic carbocycles.